The largest absolute Gasteiger partial charge is 0.471 e. The predicted octanol–water partition coefficient (Wildman–Crippen LogP) is 7.55. The summed E-state index contributed by atoms with van der Waals surface area (Å²) in [5, 5.41) is 14.9. The second-order valence-corrected chi connectivity index (χ2v) is 15.0. The highest BCUT2D eigenvalue weighted by molar-refractivity contribution is 9.10. The summed E-state index contributed by atoms with van der Waals surface area (Å²) < 4.78 is 53.9. The first-order valence-electron chi connectivity index (χ1n) is 17.5. The Morgan fingerprint density at radius 2 is 1.32 bits per heavy atom. The number of alkyl carbamates (subject to hydrolysis) is 1. The van der Waals surface area contributed by atoms with Gasteiger partial charge in [0, 0.05) is 48.2 Å². The highest BCUT2D eigenvalue weighted by Gasteiger charge is 2.52. The number of halogens is 4. The third kappa shape index (κ3) is 9.85. The van der Waals surface area contributed by atoms with Crippen LogP contribution in [0.4, 0.5) is 18.0 Å². The van der Waals surface area contributed by atoms with E-state index in [2.05, 4.69) is 26.6 Å². The lowest BCUT2D eigenvalue weighted by Crippen LogP contribution is -2.69. The molecule has 1 aliphatic heterocycles. The first-order chi connectivity index (χ1) is 25.2. The Bertz CT molecular complexity index is 1680. The molecule has 53 heavy (non-hydrogen) atoms. The zero-order valence-electron chi connectivity index (χ0n) is 29.9. The van der Waals surface area contributed by atoms with Crippen molar-refractivity contribution < 1.29 is 37.3 Å². The number of alkyl halides is 3. The van der Waals surface area contributed by atoms with Gasteiger partial charge in [-0.3, -0.25) is 9.69 Å². The van der Waals surface area contributed by atoms with Crippen LogP contribution in [0, 0.1) is 0 Å². The number of hydrogen-bond acceptors (Lipinski definition) is 6. The maximum absolute atomic E-state index is 13.4. The lowest BCUT2D eigenvalue weighted by molar-refractivity contribution is -0.174. The average Bonchev–Trinajstić information content (AvgIpc) is 3.12. The minimum absolute atomic E-state index is 0.0986. The minimum Gasteiger partial charge on any atom is -0.444 e. The smallest absolute Gasteiger partial charge is 0.444 e. The molecule has 5 rings (SSSR count). The number of benzene rings is 4. The summed E-state index contributed by atoms with van der Waals surface area (Å²) in [4.78, 5) is 27.0. The van der Waals surface area contributed by atoms with Gasteiger partial charge in [-0.15, -0.1) is 0 Å². The summed E-state index contributed by atoms with van der Waals surface area (Å²) in [6.07, 6.45) is -5.61. The molecule has 1 aliphatic rings. The number of carbonyl (C=O) groups is 2. The van der Waals surface area contributed by atoms with Crippen molar-refractivity contribution >= 4 is 27.9 Å². The van der Waals surface area contributed by atoms with Gasteiger partial charge in [-0.25, -0.2) is 4.79 Å². The van der Waals surface area contributed by atoms with Crippen LogP contribution in [0.15, 0.2) is 120 Å². The van der Waals surface area contributed by atoms with Crippen molar-refractivity contribution in [2.24, 2.45) is 0 Å². The summed E-state index contributed by atoms with van der Waals surface area (Å²) in [6.45, 7) is 4.84. The number of aliphatic hydroxyl groups excluding tert-OH is 1. The van der Waals surface area contributed by atoms with Gasteiger partial charge >= 0.3 is 18.2 Å². The van der Waals surface area contributed by atoms with Crippen molar-refractivity contribution in [2.75, 3.05) is 26.3 Å². The third-order valence-corrected chi connectivity index (χ3v) is 9.84. The van der Waals surface area contributed by atoms with Crippen molar-refractivity contribution in [1.29, 1.82) is 0 Å². The first kappa shape index (κ1) is 40.0. The fraction of sp³-hybridized carbons (Fsp3) is 0.366. The molecular weight excluding hydrogens is 751 g/mol. The van der Waals surface area contributed by atoms with E-state index in [4.69, 9.17) is 9.47 Å². The number of ether oxygens (including phenoxy) is 2. The highest BCUT2D eigenvalue weighted by atomic mass is 79.9. The monoisotopic (exact) mass is 795 g/mol. The Labute approximate surface area is 316 Å². The van der Waals surface area contributed by atoms with Crippen LogP contribution >= 0.6 is 15.9 Å². The molecule has 3 N–H and O–H groups in total. The first-order valence-corrected chi connectivity index (χ1v) is 18.3. The van der Waals surface area contributed by atoms with Gasteiger partial charge in [0.2, 0.25) is 0 Å². The lowest BCUT2D eigenvalue weighted by atomic mass is 9.74. The number of nitrogens with zero attached hydrogens (tertiary/aromatic N) is 1. The number of rotatable bonds is 14. The van der Waals surface area contributed by atoms with Crippen molar-refractivity contribution in [3.8, 4) is 0 Å². The van der Waals surface area contributed by atoms with Gasteiger partial charge in [-0.1, -0.05) is 119 Å². The van der Waals surface area contributed by atoms with E-state index >= 15 is 0 Å². The number of likely N-dealkylation sites (tertiary alicyclic amines) is 1. The van der Waals surface area contributed by atoms with E-state index in [1.54, 1.807) is 20.8 Å². The number of hydrogen-bond donors (Lipinski definition) is 3. The SMILES string of the molecule is CC(C)(C)OC(=O)NC(CCO)CN1[C@H](COC(c2ccccc2)(c2ccccc2)c2ccccc2)[C@H](c2ccc(Br)cc2)[C@@H]1CNC(=O)C(F)(F)F. The summed E-state index contributed by atoms with van der Waals surface area (Å²) in [5.74, 6) is -2.44. The molecule has 4 aromatic carbocycles. The Morgan fingerprint density at radius 1 is 0.811 bits per heavy atom. The predicted molar refractivity (Wildman–Crippen MR) is 200 cm³/mol. The van der Waals surface area contributed by atoms with E-state index in [-0.39, 0.29) is 32.7 Å². The standard InChI is InChI=1S/C41H45BrF3N3O5/c1-39(2,3)53-38(51)47-33(23-24-49)26-48-34(25-46-37(50)41(43,44)45)36(28-19-21-32(42)22-20-28)35(48)27-52-40(29-13-7-4-8-14-29,30-15-9-5-10-16-30)31-17-11-6-12-18-31/h4-22,33-36,49H,23-27H2,1-3H3,(H,46,50)(H,47,51)/t33?,34-,35+,36+/m0/s1. The number of aliphatic hydroxyl groups is 1. The van der Waals surface area contributed by atoms with Crippen LogP contribution in [0.5, 0.6) is 0 Å². The Balaban J connectivity index is 1.58. The lowest BCUT2D eigenvalue weighted by Gasteiger charge is -2.57. The molecule has 0 radical (unpaired) electrons. The van der Waals surface area contributed by atoms with Gasteiger partial charge in [0.1, 0.15) is 11.2 Å². The van der Waals surface area contributed by atoms with Gasteiger partial charge in [-0.2, -0.15) is 13.2 Å². The highest BCUT2D eigenvalue weighted by Crippen LogP contribution is 2.45. The molecule has 1 unspecified atom stereocenters. The fourth-order valence-corrected chi connectivity index (χ4v) is 7.29. The minimum atomic E-state index is -5.07. The van der Waals surface area contributed by atoms with E-state index in [1.807, 2.05) is 120 Å². The second-order valence-electron chi connectivity index (χ2n) is 14.1. The van der Waals surface area contributed by atoms with E-state index in [0.29, 0.717) is 0 Å². The zero-order valence-corrected chi connectivity index (χ0v) is 31.4. The van der Waals surface area contributed by atoms with E-state index in [1.165, 1.54) is 0 Å². The van der Waals surface area contributed by atoms with Crippen LogP contribution in [0.3, 0.4) is 0 Å². The Morgan fingerprint density at radius 3 is 1.77 bits per heavy atom. The second kappa shape index (κ2) is 17.3. The number of nitrogens with one attached hydrogen (secondary N) is 2. The summed E-state index contributed by atoms with van der Waals surface area (Å²) >= 11 is 3.48. The van der Waals surface area contributed by atoms with Gasteiger partial charge in [-0.05, 0) is 61.6 Å². The summed E-state index contributed by atoms with van der Waals surface area (Å²) in [6, 6.07) is 35.3. The van der Waals surface area contributed by atoms with Gasteiger partial charge in [0.15, 0.2) is 0 Å². The van der Waals surface area contributed by atoms with Crippen molar-refractivity contribution in [3.63, 3.8) is 0 Å². The maximum atomic E-state index is 13.4. The summed E-state index contributed by atoms with van der Waals surface area (Å²) in [7, 11) is 0. The van der Waals surface area contributed by atoms with Crippen LogP contribution in [0.1, 0.15) is 55.4 Å². The molecule has 0 spiro atoms. The molecule has 12 heteroatoms. The van der Waals surface area contributed by atoms with Gasteiger partial charge in [0.25, 0.3) is 0 Å². The average molecular weight is 797 g/mol. The van der Waals surface area contributed by atoms with Crippen molar-refractivity contribution in [2.45, 2.75) is 68.6 Å². The van der Waals surface area contributed by atoms with Crippen LogP contribution in [-0.4, -0.2) is 78.2 Å². The quantitative estimate of drug-likeness (QED) is 0.114. The molecule has 4 atom stereocenters. The molecule has 0 bridgehead atoms. The molecule has 0 aliphatic carbocycles. The number of carbonyl (C=O) groups excluding carboxylic acids is 2. The Hall–Kier alpha value is -4.23. The van der Waals surface area contributed by atoms with Crippen molar-refractivity contribution in [3.05, 3.63) is 142 Å². The Kier molecular flexibility index (Phi) is 13.0. The topological polar surface area (TPSA) is 100 Å². The van der Waals surface area contributed by atoms with E-state index in [9.17, 15) is 27.9 Å². The molecule has 4 aromatic rings. The molecule has 1 saturated heterocycles. The molecule has 0 aromatic heterocycles. The molecule has 0 saturated carbocycles. The molecule has 282 valence electrons. The zero-order chi connectivity index (χ0) is 38.2. The summed E-state index contributed by atoms with van der Waals surface area (Å²) in [5.41, 5.74) is 1.60. The van der Waals surface area contributed by atoms with E-state index in [0.717, 1.165) is 26.7 Å². The van der Waals surface area contributed by atoms with Crippen LogP contribution in [0.25, 0.3) is 0 Å². The maximum Gasteiger partial charge on any atom is 0.471 e. The third-order valence-electron chi connectivity index (χ3n) is 9.31. The number of amides is 2. The van der Waals surface area contributed by atoms with Crippen LogP contribution < -0.4 is 10.6 Å². The normalized spacial score (nSPS) is 18.5. The molecule has 2 amide bonds. The van der Waals surface area contributed by atoms with Crippen LogP contribution in [0.2, 0.25) is 0 Å². The van der Waals surface area contributed by atoms with Crippen LogP contribution in [-0.2, 0) is 19.9 Å². The van der Waals surface area contributed by atoms with Crippen molar-refractivity contribution in [1.82, 2.24) is 15.5 Å². The molecule has 1 heterocycles. The van der Waals surface area contributed by atoms with E-state index < -0.39 is 53.4 Å². The molecular formula is C41H45BrF3N3O5. The fourth-order valence-electron chi connectivity index (χ4n) is 7.03. The molecule has 1 fully saturated rings. The molecule has 8 nitrogen and oxygen atoms in total. The van der Waals surface area contributed by atoms with Gasteiger partial charge < -0.3 is 25.2 Å². The van der Waals surface area contributed by atoms with Gasteiger partial charge in [0.05, 0.1) is 6.61 Å².